The van der Waals surface area contributed by atoms with Crippen molar-refractivity contribution in [1.82, 2.24) is 15.3 Å². The Balaban J connectivity index is 2.63. The SMILES string of the molecule is CS(=O)(=O)C1CNCc2nc(N)nc(N)c21. The molecule has 8 heteroatoms. The normalized spacial score (nSPS) is 20.4. The molecule has 0 aromatic carbocycles. The molecule has 1 atom stereocenters. The van der Waals surface area contributed by atoms with Gasteiger partial charge in [-0.1, -0.05) is 0 Å². The molecule has 16 heavy (non-hydrogen) atoms. The van der Waals surface area contributed by atoms with E-state index >= 15 is 0 Å². The largest absolute Gasteiger partial charge is 0.383 e. The van der Waals surface area contributed by atoms with Crippen molar-refractivity contribution in [3.63, 3.8) is 0 Å². The minimum absolute atomic E-state index is 0.0622. The van der Waals surface area contributed by atoms with Gasteiger partial charge in [0.1, 0.15) is 11.1 Å². The molecule has 0 amide bonds. The van der Waals surface area contributed by atoms with Crippen LogP contribution in [-0.2, 0) is 16.4 Å². The minimum Gasteiger partial charge on any atom is -0.383 e. The molecule has 2 heterocycles. The van der Waals surface area contributed by atoms with Crippen LogP contribution < -0.4 is 16.8 Å². The number of hydrogen-bond acceptors (Lipinski definition) is 7. The zero-order valence-corrected chi connectivity index (χ0v) is 9.58. The van der Waals surface area contributed by atoms with Crippen LogP contribution in [0.4, 0.5) is 11.8 Å². The van der Waals surface area contributed by atoms with E-state index in [1.165, 1.54) is 6.26 Å². The van der Waals surface area contributed by atoms with E-state index in [0.29, 0.717) is 24.3 Å². The first-order chi connectivity index (χ1) is 7.39. The molecule has 2 rings (SSSR count). The van der Waals surface area contributed by atoms with Crippen LogP contribution in [0.2, 0.25) is 0 Å². The predicted octanol–water partition coefficient (Wildman–Crippen LogP) is -1.17. The molecular formula is C8H13N5O2S. The first-order valence-electron chi connectivity index (χ1n) is 4.71. The van der Waals surface area contributed by atoms with Crippen LogP contribution in [0.3, 0.4) is 0 Å². The van der Waals surface area contributed by atoms with Crippen LogP contribution in [0, 0.1) is 0 Å². The summed E-state index contributed by atoms with van der Waals surface area (Å²) in [5.74, 6) is 0.214. The summed E-state index contributed by atoms with van der Waals surface area (Å²) in [5, 5.41) is 2.27. The van der Waals surface area contributed by atoms with Crippen molar-refractivity contribution in [3.05, 3.63) is 11.3 Å². The Bertz CT molecular complexity index is 527. The molecule has 5 N–H and O–H groups in total. The van der Waals surface area contributed by atoms with E-state index in [9.17, 15) is 8.42 Å². The lowest BCUT2D eigenvalue weighted by molar-refractivity contribution is 0.555. The lowest BCUT2D eigenvalue weighted by Gasteiger charge is -2.25. The van der Waals surface area contributed by atoms with Gasteiger partial charge in [0.05, 0.1) is 5.69 Å². The number of fused-ring (bicyclic) bond motifs is 1. The molecule has 7 nitrogen and oxygen atoms in total. The topological polar surface area (TPSA) is 124 Å². The van der Waals surface area contributed by atoms with E-state index in [4.69, 9.17) is 11.5 Å². The molecule has 0 fully saturated rings. The van der Waals surface area contributed by atoms with E-state index in [0.717, 1.165) is 0 Å². The van der Waals surface area contributed by atoms with Crippen LogP contribution in [0.1, 0.15) is 16.5 Å². The Kier molecular flexibility index (Phi) is 2.47. The van der Waals surface area contributed by atoms with Gasteiger partial charge in [0, 0.05) is 24.9 Å². The third kappa shape index (κ3) is 1.81. The van der Waals surface area contributed by atoms with Crippen LogP contribution in [-0.4, -0.2) is 31.2 Å². The summed E-state index contributed by atoms with van der Waals surface area (Å²) in [6.45, 7) is 0.779. The molecule has 0 saturated carbocycles. The molecule has 0 bridgehead atoms. The Morgan fingerprint density at radius 3 is 2.69 bits per heavy atom. The summed E-state index contributed by atoms with van der Waals surface area (Å²) in [6.07, 6.45) is 1.17. The summed E-state index contributed by atoms with van der Waals surface area (Å²) in [7, 11) is -3.24. The number of nitrogen functional groups attached to an aromatic ring is 2. The maximum Gasteiger partial charge on any atom is 0.222 e. The first kappa shape index (κ1) is 11.1. The van der Waals surface area contributed by atoms with Gasteiger partial charge in [-0.15, -0.1) is 0 Å². The van der Waals surface area contributed by atoms with Crippen LogP contribution >= 0.6 is 0 Å². The van der Waals surface area contributed by atoms with Gasteiger partial charge in [-0.25, -0.2) is 13.4 Å². The monoisotopic (exact) mass is 243 g/mol. The highest BCUT2D eigenvalue weighted by atomic mass is 32.2. The van der Waals surface area contributed by atoms with Crippen LogP contribution in [0.15, 0.2) is 0 Å². The molecule has 1 aromatic rings. The number of nitrogens with one attached hydrogen (secondary N) is 1. The number of aromatic nitrogens is 2. The molecule has 1 aliphatic heterocycles. The van der Waals surface area contributed by atoms with Crippen molar-refractivity contribution in [1.29, 1.82) is 0 Å². The lowest BCUT2D eigenvalue weighted by Crippen LogP contribution is -2.34. The van der Waals surface area contributed by atoms with E-state index in [2.05, 4.69) is 15.3 Å². The number of sulfone groups is 1. The van der Waals surface area contributed by atoms with Gasteiger partial charge in [0.2, 0.25) is 5.95 Å². The van der Waals surface area contributed by atoms with E-state index in [1.807, 2.05) is 0 Å². The average molecular weight is 243 g/mol. The van der Waals surface area contributed by atoms with Gasteiger partial charge >= 0.3 is 0 Å². The van der Waals surface area contributed by atoms with E-state index in [1.54, 1.807) is 0 Å². The van der Waals surface area contributed by atoms with Gasteiger partial charge in [0.15, 0.2) is 9.84 Å². The van der Waals surface area contributed by atoms with Gasteiger partial charge in [-0.05, 0) is 0 Å². The third-order valence-electron chi connectivity index (χ3n) is 2.53. The molecular weight excluding hydrogens is 230 g/mol. The number of anilines is 2. The zero-order chi connectivity index (χ0) is 11.9. The van der Waals surface area contributed by atoms with Gasteiger partial charge in [-0.2, -0.15) is 4.98 Å². The Morgan fingerprint density at radius 1 is 1.38 bits per heavy atom. The molecule has 1 unspecified atom stereocenters. The highest BCUT2D eigenvalue weighted by Crippen LogP contribution is 2.31. The number of nitrogens with zero attached hydrogens (tertiary/aromatic N) is 2. The van der Waals surface area contributed by atoms with Crippen molar-refractivity contribution in [3.8, 4) is 0 Å². The Labute approximate surface area is 93.2 Å². The van der Waals surface area contributed by atoms with Gasteiger partial charge in [-0.3, -0.25) is 0 Å². The van der Waals surface area contributed by atoms with Crippen molar-refractivity contribution in [2.45, 2.75) is 11.8 Å². The molecule has 88 valence electrons. The summed E-state index contributed by atoms with van der Waals surface area (Å²) in [5.41, 5.74) is 12.2. The van der Waals surface area contributed by atoms with Crippen molar-refractivity contribution >= 4 is 21.6 Å². The molecule has 0 radical (unpaired) electrons. The summed E-state index contributed by atoms with van der Waals surface area (Å²) >= 11 is 0. The molecule has 0 saturated heterocycles. The van der Waals surface area contributed by atoms with Crippen LogP contribution in [0.5, 0.6) is 0 Å². The smallest absolute Gasteiger partial charge is 0.222 e. The second kappa shape index (κ2) is 3.56. The van der Waals surface area contributed by atoms with E-state index < -0.39 is 15.1 Å². The molecule has 0 spiro atoms. The third-order valence-corrected chi connectivity index (χ3v) is 3.97. The lowest BCUT2D eigenvalue weighted by atomic mass is 10.1. The highest BCUT2D eigenvalue weighted by Gasteiger charge is 2.32. The van der Waals surface area contributed by atoms with Crippen molar-refractivity contribution in [2.75, 3.05) is 24.3 Å². The average Bonchev–Trinajstić information content (AvgIpc) is 2.14. The Hall–Kier alpha value is -1.41. The van der Waals surface area contributed by atoms with Gasteiger partial charge < -0.3 is 16.8 Å². The molecule has 1 aromatic heterocycles. The Morgan fingerprint density at radius 2 is 2.06 bits per heavy atom. The number of nitrogens with two attached hydrogens (primary N) is 2. The fourth-order valence-electron chi connectivity index (χ4n) is 1.83. The summed E-state index contributed by atoms with van der Waals surface area (Å²) < 4.78 is 23.2. The fourth-order valence-corrected chi connectivity index (χ4v) is 2.94. The number of rotatable bonds is 1. The summed E-state index contributed by atoms with van der Waals surface area (Å²) in [6, 6.07) is 0. The van der Waals surface area contributed by atoms with E-state index in [-0.39, 0.29) is 11.8 Å². The van der Waals surface area contributed by atoms with Gasteiger partial charge in [0.25, 0.3) is 0 Å². The second-order valence-electron chi connectivity index (χ2n) is 3.78. The quantitative estimate of drug-likeness (QED) is 0.567. The summed E-state index contributed by atoms with van der Waals surface area (Å²) in [4.78, 5) is 7.80. The predicted molar refractivity (Wildman–Crippen MR) is 60.1 cm³/mol. The minimum atomic E-state index is -3.24. The van der Waals surface area contributed by atoms with Crippen molar-refractivity contribution < 1.29 is 8.42 Å². The maximum absolute atomic E-state index is 11.6. The molecule has 0 aliphatic carbocycles. The maximum atomic E-state index is 11.6. The second-order valence-corrected chi connectivity index (χ2v) is 6.00. The number of hydrogen-bond donors (Lipinski definition) is 3. The fraction of sp³-hybridized carbons (Fsp3) is 0.500. The zero-order valence-electron chi connectivity index (χ0n) is 8.77. The highest BCUT2D eigenvalue weighted by molar-refractivity contribution is 7.91. The standard InChI is InChI=1S/C8H13N5O2S/c1-16(14,15)5-3-11-2-4-6(5)7(9)13-8(10)12-4/h5,11H,2-3H2,1H3,(H4,9,10,12,13). The first-order valence-corrected chi connectivity index (χ1v) is 6.66. The van der Waals surface area contributed by atoms with Crippen molar-refractivity contribution in [2.24, 2.45) is 0 Å². The van der Waals surface area contributed by atoms with Crippen LogP contribution in [0.25, 0.3) is 0 Å². The molecule has 1 aliphatic rings.